The molecule has 2 heterocycles. The number of aromatic nitrogens is 3. The molecule has 4 aromatic rings. The zero-order chi connectivity index (χ0) is 21.1. The van der Waals surface area contributed by atoms with Crippen LogP contribution in [0, 0.1) is 6.92 Å². The molecule has 0 spiro atoms. The van der Waals surface area contributed by atoms with Crippen LogP contribution < -0.4 is 4.72 Å². The minimum atomic E-state index is -3.64. The predicted octanol–water partition coefficient (Wildman–Crippen LogP) is 3.83. The SMILES string of the molecule is CCc1ccc(S(=O)(=O)NCc2nc3cccnc3n2Cc2ccc(C)cc2)cc1. The molecule has 7 heteroatoms. The summed E-state index contributed by atoms with van der Waals surface area (Å²) in [5.41, 5.74) is 4.87. The Morgan fingerprint density at radius 3 is 2.37 bits per heavy atom. The average Bonchev–Trinajstić information content (AvgIpc) is 3.11. The summed E-state index contributed by atoms with van der Waals surface area (Å²) < 4.78 is 30.2. The van der Waals surface area contributed by atoms with Gasteiger partial charge in [0.1, 0.15) is 11.3 Å². The average molecular weight is 421 g/mol. The molecule has 0 aliphatic carbocycles. The fraction of sp³-hybridized carbons (Fsp3) is 0.217. The molecule has 6 nitrogen and oxygen atoms in total. The highest BCUT2D eigenvalue weighted by atomic mass is 32.2. The summed E-state index contributed by atoms with van der Waals surface area (Å²) in [6.07, 6.45) is 2.59. The van der Waals surface area contributed by atoms with E-state index in [1.165, 1.54) is 5.56 Å². The zero-order valence-electron chi connectivity index (χ0n) is 17.0. The van der Waals surface area contributed by atoms with Crippen LogP contribution in [-0.4, -0.2) is 23.0 Å². The Hall–Kier alpha value is -3.03. The Balaban J connectivity index is 1.62. The molecule has 0 unspecified atom stereocenters. The molecule has 0 amide bonds. The highest BCUT2D eigenvalue weighted by Gasteiger charge is 2.17. The van der Waals surface area contributed by atoms with E-state index in [9.17, 15) is 8.42 Å². The Morgan fingerprint density at radius 1 is 0.967 bits per heavy atom. The van der Waals surface area contributed by atoms with Crippen LogP contribution in [0.5, 0.6) is 0 Å². The number of sulfonamides is 1. The Bertz CT molecular complexity index is 1260. The van der Waals surface area contributed by atoms with Crippen molar-refractivity contribution in [1.29, 1.82) is 0 Å². The first-order valence-corrected chi connectivity index (χ1v) is 11.4. The highest BCUT2D eigenvalue weighted by Crippen LogP contribution is 2.18. The van der Waals surface area contributed by atoms with Gasteiger partial charge in [-0.05, 0) is 48.7 Å². The number of pyridine rings is 1. The summed E-state index contributed by atoms with van der Waals surface area (Å²) in [6, 6.07) is 18.9. The standard InChI is InChI=1S/C23H24N4O2S/c1-3-18-10-12-20(13-11-18)30(28,29)25-15-22-26-21-5-4-14-24-23(21)27(22)16-19-8-6-17(2)7-9-19/h4-14,25H,3,15-16H2,1-2H3. The van der Waals surface area contributed by atoms with Gasteiger partial charge >= 0.3 is 0 Å². The molecule has 154 valence electrons. The van der Waals surface area contributed by atoms with Gasteiger partial charge in [0.15, 0.2) is 5.65 Å². The molecular formula is C23H24N4O2S. The Kier molecular flexibility index (Phi) is 5.65. The normalized spacial score (nSPS) is 11.8. The van der Waals surface area contributed by atoms with E-state index in [1.54, 1.807) is 18.3 Å². The summed E-state index contributed by atoms with van der Waals surface area (Å²) in [6.45, 7) is 4.73. The number of aryl methyl sites for hydroxylation is 2. The lowest BCUT2D eigenvalue weighted by molar-refractivity contribution is 0.576. The molecule has 0 saturated heterocycles. The second kappa shape index (κ2) is 8.38. The molecule has 0 bridgehead atoms. The van der Waals surface area contributed by atoms with E-state index < -0.39 is 10.0 Å². The van der Waals surface area contributed by atoms with Gasteiger partial charge in [-0.25, -0.2) is 23.1 Å². The van der Waals surface area contributed by atoms with Gasteiger partial charge in [-0.1, -0.05) is 48.9 Å². The quantitative estimate of drug-likeness (QED) is 0.493. The summed E-state index contributed by atoms with van der Waals surface area (Å²) in [5.74, 6) is 0.623. The fourth-order valence-corrected chi connectivity index (χ4v) is 4.31. The Labute approximate surface area is 176 Å². The first-order valence-electron chi connectivity index (χ1n) is 9.90. The van der Waals surface area contributed by atoms with Crippen LogP contribution in [0.3, 0.4) is 0 Å². The van der Waals surface area contributed by atoms with Crippen molar-refractivity contribution in [2.24, 2.45) is 0 Å². The lowest BCUT2D eigenvalue weighted by Gasteiger charge is -2.11. The van der Waals surface area contributed by atoms with Gasteiger partial charge in [0.05, 0.1) is 18.0 Å². The van der Waals surface area contributed by atoms with Gasteiger partial charge < -0.3 is 4.57 Å². The predicted molar refractivity (Wildman–Crippen MR) is 118 cm³/mol. The zero-order valence-corrected chi connectivity index (χ0v) is 17.9. The largest absolute Gasteiger partial charge is 0.307 e. The maximum Gasteiger partial charge on any atom is 0.240 e. The third-order valence-corrected chi connectivity index (χ3v) is 6.52. The van der Waals surface area contributed by atoms with Gasteiger partial charge in [-0.2, -0.15) is 0 Å². The van der Waals surface area contributed by atoms with Crippen molar-refractivity contribution < 1.29 is 8.42 Å². The van der Waals surface area contributed by atoms with Crippen LogP contribution in [0.15, 0.2) is 71.8 Å². The van der Waals surface area contributed by atoms with E-state index in [1.807, 2.05) is 42.7 Å². The van der Waals surface area contributed by atoms with E-state index in [0.29, 0.717) is 12.4 Å². The first-order chi connectivity index (χ1) is 14.5. The lowest BCUT2D eigenvalue weighted by Crippen LogP contribution is -2.25. The van der Waals surface area contributed by atoms with E-state index in [0.717, 1.165) is 28.7 Å². The molecule has 0 aliphatic rings. The summed E-state index contributed by atoms with van der Waals surface area (Å²) in [4.78, 5) is 9.33. The molecule has 0 aliphatic heterocycles. The van der Waals surface area contributed by atoms with Gasteiger partial charge in [-0.15, -0.1) is 0 Å². The summed E-state index contributed by atoms with van der Waals surface area (Å²) in [7, 11) is -3.64. The van der Waals surface area contributed by atoms with Crippen LogP contribution in [0.4, 0.5) is 0 Å². The fourth-order valence-electron chi connectivity index (χ4n) is 3.33. The van der Waals surface area contributed by atoms with Crippen LogP contribution in [0.25, 0.3) is 11.2 Å². The van der Waals surface area contributed by atoms with Crippen molar-refractivity contribution in [3.05, 3.63) is 89.4 Å². The van der Waals surface area contributed by atoms with E-state index in [2.05, 4.69) is 39.0 Å². The van der Waals surface area contributed by atoms with Gasteiger partial charge in [-0.3, -0.25) is 0 Å². The molecule has 0 fully saturated rings. The van der Waals surface area contributed by atoms with E-state index >= 15 is 0 Å². The van der Waals surface area contributed by atoms with E-state index in [-0.39, 0.29) is 11.4 Å². The van der Waals surface area contributed by atoms with Gasteiger partial charge in [0.2, 0.25) is 10.0 Å². The molecule has 2 aromatic heterocycles. The number of rotatable bonds is 7. The number of imidazole rings is 1. The third-order valence-electron chi connectivity index (χ3n) is 5.11. The maximum atomic E-state index is 12.8. The number of hydrogen-bond donors (Lipinski definition) is 1. The molecule has 0 saturated carbocycles. The topological polar surface area (TPSA) is 76.9 Å². The van der Waals surface area contributed by atoms with Crippen LogP contribution >= 0.6 is 0 Å². The smallest absolute Gasteiger partial charge is 0.240 e. The monoisotopic (exact) mass is 420 g/mol. The number of nitrogens with zero attached hydrogens (tertiary/aromatic N) is 3. The van der Waals surface area contributed by atoms with Gasteiger partial charge in [0.25, 0.3) is 0 Å². The molecule has 1 N–H and O–H groups in total. The van der Waals surface area contributed by atoms with Crippen molar-refractivity contribution in [3.63, 3.8) is 0 Å². The summed E-state index contributed by atoms with van der Waals surface area (Å²) in [5, 5.41) is 0. The maximum absolute atomic E-state index is 12.8. The van der Waals surface area contributed by atoms with Gasteiger partial charge in [0, 0.05) is 6.20 Å². The van der Waals surface area contributed by atoms with Crippen molar-refractivity contribution in [1.82, 2.24) is 19.3 Å². The van der Waals surface area contributed by atoms with Crippen molar-refractivity contribution in [2.45, 2.75) is 38.3 Å². The van der Waals surface area contributed by atoms with Crippen LogP contribution in [0.1, 0.15) is 29.4 Å². The number of nitrogens with one attached hydrogen (secondary N) is 1. The molecular weight excluding hydrogens is 396 g/mol. The van der Waals surface area contributed by atoms with Crippen molar-refractivity contribution in [3.8, 4) is 0 Å². The lowest BCUT2D eigenvalue weighted by atomic mass is 10.1. The van der Waals surface area contributed by atoms with Crippen LogP contribution in [-0.2, 0) is 29.5 Å². The van der Waals surface area contributed by atoms with Crippen molar-refractivity contribution in [2.75, 3.05) is 0 Å². The third kappa shape index (κ3) is 4.27. The molecule has 2 aromatic carbocycles. The number of fused-ring (bicyclic) bond motifs is 1. The summed E-state index contributed by atoms with van der Waals surface area (Å²) >= 11 is 0. The highest BCUT2D eigenvalue weighted by molar-refractivity contribution is 7.89. The number of benzene rings is 2. The molecule has 0 atom stereocenters. The first kappa shape index (κ1) is 20.3. The van der Waals surface area contributed by atoms with E-state index in [4.69, 9.17) is 0 Å². The van der Waals surface area contributed by atoms with Crippen molar-refractivity contribution >= 4 is 21.2 Å². The van der Waals surface area contributed by atoms with Crippen LogP contribution in [0.2, 0.25) is 0 Å². The molecule has 30 heavy (non-hydrogen) atoms. The second-order valence-corrected chi connectivity index (χ2v) is 9.03. The number of hydrogen-bond acceptors (Lipinski definition) is 4. The molecule has 0 radical (unpaired) electrons. The minimum Gasteiger partial charge on any atom is -0.307 e. The minimum absolute atomic E-state index is 0.0834. The molecule has 4 rings (SSSR count). The Morgan fingerprint density at radius 2 is 1.67 bits per heavy atom. The second-order valence-electron chi connectivity index (χ2n) is 7.27.